The highest BCUT2D eigenvalue weighted by Crippen LogP contribution is 2.21. The van der Waals surface area contributed by atoms with Gasteiger partial charge in [-0.1, -0.05) is 17.7 Å². The molecule has 0 spiro atoms. The van der Waals surface area contributed by atoms with Crippen LogP contribution in [0.1, 0.15) is 18.9 Å². The lowest BCUT2D eigenvalue weighted by Gasteiger charge is -2.20. The summed E-state index contributed by atoms with van der Waals surface area (Å²) in [5.41, 5.74) is 5.99. The SMILES string of the molecule is Cc1ccc(SCCC(C)(O)CN)cc1. The average molecular weight is 225 g/mol. The Labute approximate surface area is 95.9 Å². The zero-order valence-electron chi connectivity index (χ0n) is 9.36. The molecule has 15 heavy (non-hydrogen) atoms. The van der Waals surface area contributed by atoms with Crippen LogP contribution in [0.5, 0.6) is 0 Å². The quantitative estimate of drug-likeness (QED) is 0.755. The van der Waals surface area contributed by atoms with Gasteiger partial charge in [0.05, 0.1) is 5.60 Å². The van der Waals surface area contributed by atoms with Crippen molar-refractivity contribution in [1.29, 1.82) is 0 Å². The molecule has 0 saturated carbocycles. The molecule has 0 heterocycles. The van der Waals surface area contributed by atoms with Gasteiger partial charge in [0.2, 0.25) is 0 Å². The molecule has 0 aliphatic rings. The van der Waals surface area contributed by atoms with Gasteiger partial charge >= 0.3 is 0 Å². The number of benzene rings is 1. The van der Waals surface area contributed by atoms with Gasteiger partial charge in [-0.15, -0.1) is 11.8 Å². The van der Waals surface area contributed by atoms with Gasteiger partial charge in [0.1, 0.15) is 0 Å². The van der Waals surface area contributed by atoms with E-state index in [4.69, 9.17) is 5.73 Å². The van der Waals surface area contributed by atoms with Crippen molar-refractivity contribution in [3.63, 3.8) is 0 Å². The molecule has 0 aliphatic carbocycles. The molecule has 1 unspecified atom stereocenters. The summed E-state index contributed by atoms with van der Waals surface area (Å²) in [5.74, 6) is 0.896. The zero-order chi connectivity index (χ0) is 11.3. The van der Waals surface area contributed by atoms with Gasteiger partial charge in [-0.05, 0) is 32.4 Å². The number of aryl methyl sites for hydroxylation is 1. The number of rotatable bonds is 5. The lowest BCUT2D eigenvalue weighted by Crippen LogP contribution is -2.34. The van der Waals surface area contributed by atoms with E-state index in [-0.39, 0.29) is 0 Å². The van der Waals surface area contributed by atoms with Gasteiger partial charge in [-0.3, -0.25) is 0 Å². The molecule has 1 rings (SSSR count). The molecule has 0 amide bonds. The summed E-state index contributed by atoms with van der Waals surface area (Å²) in [4.78, 5) is 1.24. The third-order valence-electron chi connectivity index (χ3n) is 2.37. The third kappa shape index (κ3) is 4.69. The van der Waals surface area contributed by atoms with Crippen LogP contribution in [0, 0.1) is 6.92 Å². The van der Waals surface area contributed by atoms with Crippen LogP contribution >= 0.6 is 11.8 Å². The number of hydrogen-bond donors (Lipinski definition) is 2. The van der Waals surface area contributed by atoms with E-state index in [1.807, 2.05) is 0 Å². The average Bonchev–Trinajstić information content (AvgIpc) is 2.21. The fourth-order valence-corrected chi connectivity index (χ4v) is 2.23. The highest BCUT2D eigenvalue weighted by Gasteiger charge is 2.16. The van der Waals surface area contributed by atoms with Crippen molar-refractivity contribution in [2.24, 2.45) is 5.73 Å². The summed E-state index contributed by atoms with van der Waals surface area (Å²) in [6.45, 7) is 4.18. The maximum absolute atomic E-state index is 9.71. The Balaban J connectivity index is 2.35. The molecular weight excluding hydrogens is 206 g/mol. The molecule has 1 aromatic rings. The first-order valence-corrected chi connectivity index (χ1v) is 6.14. The van der Waals surface area contributed by atoms with Crippen molar-refractivity contribution >= 4 is 11.8 Å². The summed E-state index contributed by atoms with van der Waals surface area (Å²) in [6, 6.07) is 8.42. The van der Waals surface area contributed by atoms with Crippen LogP contribution < -0.4 is 5.73 Å². The third-order valence-corrected chi connectivity index (χ3v) is 3.38. The molecule has 0 radical (unpaired) electrons. The standard InChI is InChI=1S/C12H19NOS/c1-10-3-5-11(6-4-10)15-8-7-12(2,14)9-13/h3-6,14H,7-9,13H2,1-2H3. The molecule has 3 N–H and O–H groups in total. The summed E-state index contributed by atoms with van der Waals surface area (Å²) >= 11 is 1.76. The van der Waals surface area contributed by atoms with Crippen LogP contribution in [-0.4, -0.2) is 23.0 Å². The summed E-state index contributed by atoms with van der Waals surface area (Å²) in [7, 11) is 0. The predicted octanol–water partition coefficient (Wildman–Crippen LogP) is 2.19. The molecule has 84 valence electrons. The molecule has 1 aromatic carbocycles. The van der Waals surface area contributed by atoms with Crippen molar-refractivity contribution in [2.75, 3.05) is 12.3 Å². The summed E-state index contributed by atoms with van der Waals surface area (Å²) in [5, 5.41) is 9.71. The summed E-state index contributed by atoms with van der Waals surface area (Å²) in [6.07, 6.45) is 0.724. The van der Waals surface area contributed by atoms with E-state index in [9.17, 15) is 5.11 Å². The smallest absolute Gasteiger partial charge is 0.0749 e. The molecule has 0 saturated heterocycles. The van der Waals surface area contributed by atoms with Gasteiger partial charge < -0.3 is 10.8 Å². The first-order valence-electron chi connectivity index (χ1n) is 5.15. The number of hydrogen-bond acceptors (Lipinski definition) is 3. The van der Waals surface area contributed by atoms with Gasteiger partial charge in [0, 0.05) is 17.2 Å². The lowest BCUT2D eigenvalue weighted by atomic mass is 10.1. The van der Waals surface area contributed by atoms with E-state index in [0.717, 1.165) is 12.2 Å². The predicted molar refractivity (Wildman–Crippen MR) is 66.2 cm³/mol. The van der Waals surface area contributed by atoms with Crippen LogP contribution in [0.15, 0.2) is 29.2 Å². The Morgan fingerprint density at radius 1 is 1.33 bits per heavy atom. The second-order valence-corrected chi connectivity index (χ2v) is 5.28. The molecule has 2 nitrogen and oxygen atoms in total. The largest absolute Gasteiger partial charge is 0.389 e. The maximum Gasteiger partial charge on any atom is 0.0749 e. The minimum atomic E-state index is -0.725. The highest BCUT2D eigenvalue weighted by atomic mass is 32.2. The van der Waals surface area contributed by atoms with Crippen LogP contribution in [0.4, 0.5) is 0 Å². The second kappa shape index (κ2) is 5.54. The van der Waals surface area contributed by atoms with E-state index in [1.54, 1.807) is 18.7 Å². The first kappa shape index (κ1) is 12.6. The Morgan fingerprint density at radius 2 is 1.93 bits per heavy atom. The number of aliphatic hydroxyl groups is 1. The minimum absolute atomic E-state index is 0.321. The van der Waals surface area contributed by atoms with Crippen molar-refractivity contribution < 1.29 is 5.11 Å². The fourth-order valence-electron chi connectivity index (χ4n) is 1.13. The van der Waals surface area contributed by atoms with E-state index < -0.39 is 5.60 Å². The van der Waals surface area contributed by atoms with Gasteiger partial charge in [0.25, 0.3) is 0 Å². The molecule has 0 bridgehead atoms. The minimum Gasteiger partial charge on any atom is -0.389 e. The molecule has 1 atom stereocenters. The van der Waals surface area contributed by atoms with Crippen molar-refractivity contribution in [1.82, 2.24) is 0 Å². The Bertz CT molecular complexity index is 295. The van der Waals surface area contributed by atoms with Gasteiger partial charge in [-0.2, -0.15) is 0 Å². The lowest BCUT2D eigenvalue weighted by molar-refractivity contribution is 0.0665. The van der Waals surface area contributed by atoms with Crippen molar-refractivity contribution in [2.45, 2.75) is 30.8 Å². The van der Waals surface area contributed by atoms with E-state index >= 15 is 0 Å². The topological polar surface area (TPSA) is 46.2 Å². The normalized spacial score (nSPS) is 14.9. The molecule has 0 fully saturated rings. The van der Waals surface area contributed by atoms with Gasteiger partial charge in [-0.25, -0.2) is 0 Å². The van der Waals surface area contributed by atoms with E-state index in [0.29, 0.717) is 6.54 Å². The van der Waals surface area contributed by atoms with Gasteiger partial charge in [0.15, 0.2) is 0 Å². The maximum atomic E-state index is 9.71. The van der Waals surface area contributed by atoms with Crippen LogP contribution in [0.2, 0.25) is 0 Å². The Hall–Kier alpha value is -0.510. The van der Waals surface area contributed by atoms with Crippen LogP contribution in [0.25, 0.3) is 0 Å². The molecule has 0 aliphatic heterocycles. The van der Waals surface area contributed by atoms with Crippen LogP contribution in [-0.2, 0) is 0 Å². The Morgan fingerprint density at radius 3 is 2.47 bits per heavy atom. The molecule has 0 aromatic heterocycles. The number of nitrogens with two attached hydrogens (primary N) is 1. The second-order valence-electron chi connectivity index (χ2n) is 4.11. The fraction of sp³-hybridized carbons (Fsp3) is 0.500. The van der Waals surface area contributed by atoms with Crippen molar-refractivity contribution in [3.05, 3.63) is 29.8 Å². The van der Waals surface area contributed by atoms with Crippen molar-refractivity contribution in [3.8, 4) is 0 Å². The molecule has 3 heteroatoms. The monoisotopic (exact) mass is 225 g/mol. The first-order chi connectivity index (χ1) is 7.03. The Kier molecular flexibility index (Phi) is 4.64. The summed E-state index contributed by atoms with van der Waals surface area (Å²) < 4.78 is 0. The van der Waals surface area contributed by atoms with E-state index in [2.05, 4.69) is 31.2 Å². The molecular formula is C12H19NOS. The zero-order valence-corrected chi connectivity index (χ0v) is 10.2. The number of thioether (sulfide) groups is 1. The highest BCUT2D eigenvalue weighted by molar-refractivity contribution is 7.99. The van der Waals surface area contributed by atoms with E-state index in [1.165, 1.54) is 10.5 Å². The van der Waals surface area contributed by atoms with Crippen LogP contribution in [0.3, 0.4) is 0 Å².